The molecule has 0 spiro atoms. The van der Waals surface area contributed by atoms with Crippen LogP contribution in [0, 0.1) is 6.92 Å². The Labute approximate surface area is 188 Å². The lowest BCUT2D eigenvalue weighted by Crippen LogP contribution is -2.42. The zero-order valence-corrected chi connectivity index (χ0v) is 18.5. The van der Waals surface area contributed by atoms with Gasteiger partial charge >= 0.3 is 0 Å². The molecule has 0 atom stereocenters. The Morgan fingerprint density at radius 2 is 1.78 bits per heavy atom. The third kappa shape index (κ3) is 4.39. The van der Waals surface area contributed by atoms with Gasteiger partial charge in [-0.15, -0.1) is 0 Å². The number of fused-ring (bicyclic) bond motifs is 1. The van der Waals surface area contributed by atoms with Gasteiger partial charge in [-0.3, -0.25) is 4.79 Å². The van der Waals surface area contributed by atoms with E-state index in [1.54, 1.807) is 0 Å². The quantitative estimate of drug-likeness (QED) is 0.668. The van der Waals surface area contributed by atoms with Gasteiger partial charge in [0.05, 0.1) is 0 Å². The van der Waals surface area contributed by atoms with E-state index in [-0.39, 0.29) is 5.91 Å². The van der Waals surface area contributed by atoms with Crippen LogP contribution in [0.25, 0.3) is 0 Å². The van der Waals surface area contributed by atoms with Crippen molar-refractivity contribution in [2.24, 2.45) is 0 Å². The zero-order chi connectivity index (χ0) is 21.9. The van der Waals surface area contributed by atoms with Gasteiger partial charge in [0.2, 0.25) is 0 Å². The summed E-state index contributed by atoms with van der Waals surface area (Å²) in [4.78, 5) is 17.4. The molecule has 5 rings (SSSR count). The van der Waals surface area contributed by atoms with Crippen molar-refractivity contribution in [2.75, 3.05) is 24.5 Å². The molecule has 7 heteroatoms. The third-order valence-electron chi connectivity index (χ3n) is 6.70. The molecule has 7 nitrogen and oxygen atoms in total. The van der Waals surface area contributed by atoms with E-state index in [0.717, 1.165) is 55.8 Å². The van der Waals surface area contributed by atoms with Gasteiger partial charge in [0.25, 0.3) is 5.91 Å². The highest BCUT2D eigenvalue weighted by molar-refractivity contribution is 5.94. The van der Waals surface area contributed by atoms with Crippen molar-refractivity contribution < 1.29 is 9.42 Å². The first kappa shape index (κ1) is 20.7. The molecule has 0 saturated carbocycles. The molecule has 32 heavy (non-hydrogen) atoms. The lowest BCUT2D eigenvalue weighted by Gasteiger charge is -2.34. The number of piperidine rings is 1. The van der Waals surface area contributed by atoms with Crippen molar-refractivity contribution in [2.45, 2.75) is 45.3 Å². The molecule has 1 saturated heterocycles. The first-order valence-electron chi connectivity index (χ1n) is 11.4. The number of nitrogens with zero attached hydrogens (tertiary/aromatic N) is 4. The summed E-state index contributed by atoms with van der Waals surface area (Å²) in [6.07, 6.45) is 3.06. The monoisotopic (exact) mass is 431 g/mol. The summed E-state index contributed by atoms with van der Waals surface area (Å²) in [7, 11) is 0. The largest absolute Gasteiger partial charge is 0.371 e. The molecule has 2 aliphatic rings. The fourth-order valence-corrected chi connectivity index (χ4v) is 4.66. The summed E-state index contributed by atoms with van der Waals surface area (Å²) in [6, 6.07) is 17.0. The van der Waals surface area contributed by atoms with Crippen LogP contribution in [0.15, 0.2) is 53.2 Å². The lowest BCUT2D eigenvalue weighted by molar-refractivity contribution is 0.0734. The topological polar surface area (TPSA) is 74.5 Å². The number of nitrogens with one attached hydrogen (secondary N) is 1. The number of carbonyl (C=O) groups is 1. The van der Waals surface area contributed by atoms with E-state index in [1.807, 2.05) is 30.0 Å². The minimum absolute atomic E-state index is 0.117. The van der Waals surface area contributed by atoms with Crippen molar-refractivity contribution in [3.05, 3.63) is 76.6 Å². The maximum Gasteiger partial charge on any atom is 0.254 e. The Bertz CT molecular complexity index is 1070. The van der Waals surface area contributed by atoms with Crippen molar-refractivity contribution >= 4 is 11.6 Å². The standard InChI is InChI=1S/C25H29N5O2/c1-18-24(28-32-27-18)16-26-22-11-14-29(15-12-22)23-8-6-20(7-9-23)25(31)30-13-10-19-4-2-3-5-21(19)17-30/h2-9,22,26H,10-17H2,1H3. The molecule has 2 aromatic carbocycles. The van der Waals surface area contributed by atoms with E-state index in [1.165, 1.54) is 16.8 Å². The van der Waals surface area contributed by atoms with Crippen LogP contribution in [-0.4, -0.2) is 46.8 Å². The maximum atomic E-state index is 13.0. The molecule has 166 valence electrons. The molecule has 0 aliphatic carbocycles. The van der Waals surface area contributed by atoms with Crippen molar-refractivity contribution in [1.82, 2.24) is 20.5 Å². The van der Waals surface area contributed by atoms with E-state index in [9.17, 15) is 4.79 Å². The number of anilines is 1. The van der Waals surface area contributed by atoms with Crippen molar-refractivity contribution in [3.63, 3.8) is 0 Å². The van der Waals surface area contributed by atoms with Gasteiger partial charge in [-0.1, -0.05) is 34.6 Å². The fourth-order valence-electron chi connectivity index (χ4n) is 4.66. The lowest BCUT2D eigenvalue weighted by atomic mass is 9.99. The Balaban J connectivity index is 1.14. The summed E-state index contributed by atoms with van der Waals surface area (Å²) < 4.78 is 4.77. The number of amides is 1. The van der Waals surface area contributed by atoms with E-state index < -0.39 is 0 Å². The van der Waals surface area contributed by atoms with Gasteiger partial charge in [0.15, 0.2) is 0 Å². The normalized spacial score (nSPS) is 16.8. The Kier molecular flexibility index (Phi) is 5.90. The van der Waals surface area contributed by atoms with E-state index >= 15 is 0 Å². The number of hydrogen-bond donors (Lipinski definition) is 1. The number of aryl methyl sites for hydroxylation is 1. The average Bonchev–Trinajstić information content (AvgIpc) is 3.27. The van der Waals surface area contributed by atoms with Crippen LogP contribution in [0.1, 0.15) is 45.7 Å². The van der Waals surface area contributed by atoms with Crippen LogP contribution < -0.4 is 10.2 Å². The highest BCUT2D eigenvalue weighted by Gasteiger charge is 2.23. The van der Waals surface area contributed by atoms with Gasteiger partial charge in [-0.2, -0.15) is 0 Å². The molecular weight excluding hydrogens is 402 g/mol. The van der Waals surface area contributed by atoms with E-state index in [0.29, 0.717) is 19.1 Å². The molecule has 0 bridgehead atoms. The first-order valence-corrected chi connectivity index (χ1v) is 11.4. The molecule has 1 N–H and O–H groups in total. The van der Waals surface area contributed by atoms with Crippen LogP contribution in [-0.2, 0) is 19.5 Å². The van der Waals surface area contributed by atoms with Crippen molar-refractivity contribution in [3.8, 4) is 0 Å². The Morgan fingerprint density at radius 1 is 1.03 bits per heavy atom. The molecule has 0 unspecified atom stereocenters. The number of benzene rings is 2. The number of aromatic nitrogens is 2. The summed E-state index contributed by atoms with van der Waals surface area (Å²) in [5.41, 5.74) is 6.29. The van der Waals surface area contributed by atoms with Crippen LogP contribution in [0.2, 0.25) is 0 Å². The molecule has 2 aliphatic heterocycles. The molecular formula is C25H29N5O2. The van der Waals surface area contributed by atoms with Gasteiger partial charge < -0.3 is 15.1 Å². The summed E-state index contributed by atoms with van der Waals surface area (Å²) in [6.45, 7) is 6.06. The fraction of sp³-hybridized carbons (Fsp3) is 0.400. The molecule has 1 amide bonds. The number of rotatable bonds is 5. The second-order valence-corrected chi connectivity index (χ2v) is 8.73. The second-order valence-electron chi connectivity index (χ2n) is 8.73. The van der Waals surface area contributed by atoms with Crippen LogP contribution in [0.3, 0.4) is 0 Å². The van der Waals surface area contributed by atoms with Crippen molar-refractivity contribution in [1.29, 1.82) is 0 Å². The summed E-state index contributed by atoms with van der Waals surface area (Å²) in [5.74, 6) is 0.117. The number of carbonyl (C=O) groups excluding carboxylic acids is 1. The average molecular weight is 432 g/mol. The van der Waals surface area contributed by atoms with Crippen LogP contribution >= 0.6 is 0 Å². The highest BCUT2D eigenvalue weighted by Crippen LogP contribution is 2.23. The van der Waals surface area contributed by atoms with Crippen LogP contribution in [0.4, 0.5) is 5.69 Å². The predicted octanol–water partition coefficient (Wildman–Crippen LogP) is 3.34. The molecule has 3 aromatic rings. The summed E-state index contributed by atoms with van der Waals surface area (Å²) >= 11 is 0. The minimum Gasteiger partial charge on any atom is -0.371 e. The van der Waals surface area contributed by atoms with E-state index in [2.05, 4.69) is 50.9 Å². The van der Waals surface area contributed by atoms with Gasteiger partial charge in [-0.05, 0) is 61.6 Å². The third-order valence-corrected chi connectivity index (χ3v) is 6.70. The molecule has 0 radical (unpaired) electrons. The van der Waals surface area contributed by atoms with Gasteiger partial charge in [0, 0.05) is 50.0 Å². The molecule has 3 heterocycles. The SMILES string of the molecule is Cc1nonc1CNC1CCN(c2ccc(C(=O)N3CCc4ccccc4C3)cc2)CC1. The number of hydrogen-bond acceptors (Lipinski definition) is 6. The zero-order valence-electron chi connectivity index (χ0n) is 18.5. The van der Waals surface area contributed by atoms with Gasteiger partial charge in [0.1, 0.15) is 11.4 Å². The Morgan fingerprint density at radius 3 is 2.50 bits per heavy atom. The van der Waals surface area contributed by atoms with E-state index in [4.69, 9.17) is 4.63 Å². The molecule has 1 aromatic heterocycles. The Hall–Kier alpha value is -3.19. The van der Waals surface area contributed by atoms with Crippen LogP contribution in [0.5, 0.6) is 0 Å². The smallest absolute Gasteiger partial charge is 0.254 e. The second kappa shape index (κ2) is 9.12. The summed E-state index contributed by atoms with van der Waals surface area (Å²) in [5, 5.41) is 11.3. The minimum atomic E-state index is 0.117. The highest BCUT2D eigenvalue weighted by atomic mass is 16.6. The first-order chi connectivity index (χ1) is 15.7. The van der Waals surface area contributed by atoms with Gasteiger partial charge in [-0.25, -0.2) is 4.63 Å². The molecule has 1 fully saturated rings. The predicted molar refractivity (Wildman–Crippen MR) is 122 cm³/mol. The maximum absolute atomic E-state index is 13.0.